The molecule has 0 aliphatic carbocycles. The van der Waals surface area contributed by atoms with E-state index < -0.39 is 0 Å². The second-order valence-corrected chi connectivity index (χ2v) is 6.48. The summed E-state index contributed by atoms with van der Waals surface area (Å²) < 4.78 is 5.11. The fourth-order valence-electron chi connectivity index (χ4n) is 2.93. The molecule has 0 unspecified atom stereocenters. The van der Waals surface area contributed by atoms with E-state index in [1.54, 1.807) is 25.3 Å². The normalized spacial score (nSPS) is 12.0. The summed E-state index contributed by atoms with van der Waals surface area (Å²) >= 11 is 6.08. The smallest absolute Gasteiger partial charge is 0.238 e. The average molecular weight is 369 g/mol. The van der Waals surface area contributed by atoms with E-state index in [9.17, 15) is 4.79 Å². The van der Waals surface area contributed by atoms with Gasteiger partial charge in [-0.05, 0) is 41.5 Å². The van der Waals surface area contributed by atoms with Gasteiger partial charge in [0.15, 0.2) is 0 Å². The maximum atomic E-state index is 12.2. The number of anilines is 1. The zero-order chi connectivity index (χ0) is 18.5. The molecule has 2 N–H and O–H groups in total. The van der Waals surface area contributed by atoms with Crippen molar-refractivity contribution in [3.05, 3.63) is 71.2 Å². The van der Waals surface area contributed by atoms with Gasteiger partial charge in [-0.2, -0.15) is 0 Å². The number of halogens is 1. The molecule has 0 saturated carbocycles. The first kappa shape index (κ1) is 18.2. The van der Waals surface area contributed by atoms with Crippen LogP contribution in [0, 0.1) is 0 Å². The fourth-order valence-corrected chi connectivity index (χ4v) is 3.19. The minimum absolute atomic E-state index is 0.0475. The molecule has 5 heteroatoms. The van der Waals surface area contributed by atoms with Crippen LogP contribution < -0.4 is 15.4 Å². The van der Waals surface area contributed by atoms with Crippen molar-refractivity contribution in [2.24, 2.45) is 0 Å². The molecule has 1 amide bonds. The van der Waals surface area contributed by atoms with Crippen molar-refractivity contribution >= 4 is 34.0 Å². The minimum atomic E-state index is -0.127. The Hall–Kier alpha value is -2.56. The highest BCUT2D eigenvalue weighted by atomic mass is 35.5. The molecular weight excluding hydrogens is 348 g/mol. The van der Waals surface area contributed by atoms with Gasteiger partial charge in [0.25, 0.3) is 0 Å². The number of rotatable bonds is 6. The van der Waals surface area contributed by atoms with Crippen molar-refractivity contribution in [2.75, 3.05) is 19.0 Å². The van der Waals surface area contributed by atoms with Crippen LogP contribution in [0.2, 0.25) is 5.02 Å². The average Bonchev–Trinajstić information content (AvgIpc) is 2.66. The summed E-state index contributed by atoms with van der Waals surface area (Å²) in [4.78, 5) is 12.2. The zero-order valence-corrected chi connectivity index (χ0v) is 15.5. The van der Waals surface area contributed by atoms with Crippen LogP contribution in [0.4, 0.5) is 5.69 Å². The van der Waals surface area contributed by atoms with Gasteiger partial charge in [-0.25, -0.2) is 0 Å². The van der Waals surface area contributed by atoms with E-state index in [0.717, 1.165) is 0 Å². The summed E-state index contributed by atoms with van der Waals surface area (Å²) in [5.74, 6) is 0.450. The third-order valence-corrected chi connectivity index (χ3v) is 4.59. The maximum absolute atomic E-state index is 12.2. The number of fused-ring (bicyclic) bond motifs is 1. The Labute approximate surface area is 158 Å². The predicted molar refractivity (Wildman–Crippen MR) is 107 cm³/mol. The summed E-state index contributed by atoms with van der Waals surface area (Å²) in [7, 11) is 1.55. The van der Waals surface area contributed by atoms with Crippen molar-refractivity contribution < 1.29 is 9.53 Å². The van der Waals surface area contributed by atoms with Crippen LogP contribution in [0.15, 0.2) is 60.7 Å². The lowest BCUT2D eigenvalue weighted by Crippen LogP contribution is -2.30. The molecule has 0 radical (unpaired) electrons. The lowest BCUT2D eigenvalue weighted by Gasteiger charge is -2.16. The second kappa shape index (κ2) is 8.21. The van der Waals surface area contributed by atoms with E-state index in [1.165, 1.54) is 16.3 Å². The lowest BCUT2D eigenvalue weighted by molar-refractivity contribution is -0.115. The number of methoxy groups -OCH3 is 1. The number of benzene rings is 3. The van der Waals surface area contributed by atoms with Crippen molar-refractivity contribution in [3.63, 3.8) is 0 Å². The third kappa shape index (κ3) is 4.15. The summed E-state index contributed by atoms with van der Waals surface area (Å²) in [6, 6.07) is 19.7. The number of amides is 1. The largest absolute Gasteiger partial charge is 0.495 e. The predicted octanol–water partition coefficient (Wildman–Crippen LogP) is 4.79. The molecular formula is C21H21ClN2O2. The van der Waals surface area contributed by atoms with Gasteiger partial charge >= 0.3 is 0 Å². The molecule has 134 valence electrons. The summed E-state index contributed by atoms with van der Waals surface area (Å²) in [6.07, 6.45) is 0. The monoisotopic (exact) mass is 368 g/mol. The van der Waals surface area contributed by atoms with Gasteiger partial charge < -0.3 is 15.4 Å². The van der Waals surface area contributed by atoms with Crippen LogP contribution in [0.5, 0.6) is 5.75 Å². The van der Waals surface area contributed by atoms with Crippen LogP contribution >= 0.6 is 11.6 Å². The highest BCUT2D eigenvalue weighted by Gasteiger charge is 2.11. The van der Waals surface area contributed by atoms with Crippen LogP contribution in [0.3, 0.4) is 0 Å². The molecule has 0 aliphatic heterocycles. The highest BCUT2D eigenvalue weighted by Crippen LogP contribution is 2.27. The van der Waals surface area contributed by atoms with E-state index in [1.807, 2.05) is 18.2 Å². The first-order valence-corrected chi connectivity index (χ1v) is 8.80. The SMILES string of the molecule is COc1ccc(NC(=O)CN[C@H](C)c2cccc3ccccc23)cc1Cl. The molecule has 4 nitrogen and oxygen atoms in total. The van der Waals surface area contributed by atoms with Crippen LogP contribution in [0.1, 0.15) is 18.5 Å². The molecule has 3 rings (SSSR count). The number of carbonyl (C=O) groups is 1. The summed E-state index contributed by atoms with van der Waals surface area (Å²) in [5.41, 5.74) is 1.81. The Morgan fingerprint density at radius 3 is 2.65 bits per heavy atom. The molecule has 0 aromatic heterocycles. The van der Waals surface area contributed by atoms with Gasteiger partial charge in [0.2, 0.25) is 5.91 Å². The second-order valence-electron chi connectivity index (χ2n) is 6.07. The Morgan fingerprint density at radius 2 is 1.88 bits per heavy atom. The van der Waals surface area contributed by atoms with E-state index in [4.69, 9.17) is 16.3 Å². The summed E-state index contributed by atoms with van der Waals surface area (Å²) in [5, 5.41) is 8.96. The van der Waals surface area contributed by atoms with Crippen molar-refractivity contribution in [3.8, 4) is 5.75 Å². The molecule has 0 heterocycles. The fraction of sp³-hybridized carbons (Fsp3) is 0.190. The van der Waals surface area contributed by atoms with Crippen molar-refractivity contribution in [1.29, 1.82) is 0 Å². The van der Waals surface area contributed by atoms with Gasteiger partial charge in [-0.15, -0.1) is 0 Å². The minimum Gasteiger partial charge on any atom is -0.495 e. The molecule has 1 atom stereocenters. The Bertz CT molecular complexity index is 922. The van der Waals surface area contributed by atoms with Gasteiger partial charge in [0, 0.05) is 11.7 Å². The third-order valence-electron chi connectivity index (χ3n) is 4.29. The van der Waals surface area contributed by atoms with Crippen molar-refractivity contribution in [1.82, 2.24) is 5.32 Å². The van der Waals surface area contributed by atoms with Gasteiger partial charge in [0.05, 0.1) is 18.7 Å². The van der Waals surface area contributed by atoms with Gasteiger partial charge in [-0.3, -0.25) is 4.79 Å². The zero-order valence-electron chi connectivity index (χ0n) is 14.8. The van der Waals surface area contributed by atoms with Gasteiger partial charge in [-0.1, -0.05) is 54.1 Å². The molecule has 0 aliphatic rings. The van der Waals surface area contributed by atoms with Crippen LogP contribution in [-0.4, -0.2) is 19.6 Å². The van der Waals surface area contributed by atoms with E-state index in [0.29, 0.717) is 16.5 Å². The number of hydrogen-bond acceptors (Lipinski definition) is 3. The Balaban J connectivity index is 1.63. The molecule has 26 heavy (non-hydrogen) atoms. The molecule has 0 spiro atoms. The molecule has 3 aromatic carbocycles. The van der Waals surface area contributed by atoms with E-state index >= 15 is 0 Å². The quantitative estimate of drug-likeness (QED) is 0.657. The highest BCUT2D eigenvalue weighted by molar-refractivity contribution is 6.32. The lowest BCUT2D eigenvalue weighted by atomic mass is 10.00. The van der Waals surface area contributed by atoms with E-state index in [2.05, 4.69) is 41.8 Å². The van der Waals surface area contributed by atoms with Crippen molar-refractivity contribution in [2.45, 2.75) is 13.0 Å². The number of ether oxygens (including phenoxy) is 1. The number of hydrogen-bond donors (Lipinski definition) is 2. The topological polar surface area (TPSA) is 50.4 Å². The first-order valence-electron chi connectivity index (χ1n) is 8.43. The van der Waals surface area contributed by atoms with E-state index in [-0.39, 0.29) is 18.5 Å². The van der Waals surface area contributed by atoms with Crippen LogP contribution in [-0.2, 0) is 4.79 Å². The molecule has 0 saturated heterocycles. The standard InChI is InChI=1S/C21H21ClN2O2/c1-14(17-9-5-7-15-6-3-4-8-18(15)17)23-13-21(25)24-16-10-11-20(26-2)19(22)12-16/h3-12,14,23H,13H2,1-2H3,(H,24,25)/t14-/m1/s1. The molecule has 3 aromatic rings. The maximum Gasteiger partial charge on any atom is 0.238 e. The molecule has 0 bridgehead atoms. The Morgan fingerprint density at radius 1 is 1.12 bits per heavy atom. The van der Waals surface area contributed by atoms with Crippen LogP contribution in [0.25, 0.3) is 10.8 Å². The molecule has 0 fully saturated rings. The first-order chi connectivity index (χ1) is 12.6. The number of carbonyl (C=O) groups excluding carboxylic acids is 1. The Kier molecular flexibility index (Phi) is 5.76. The summed E-state index contributed by atoms with van der Waals surface area (Å²) in [6.45, 7) is 2.26. The number of nitrogens with one attached hydrogen (secondary N) is 2. The van der Waals surface area contributed by atoms with Gasteiger partial charge in [0.1, 0.15) is 5.75 Å².